The maximum absolute atomic E-state index is 13.0. The highest BCUT2D eigenvalue weighted by Gasteiger charge is 2.28. The lowest BCUT2D eigenvalue weighted by Gasteiger charge is -2.24. The van der Waals surface area contributed by atoms with Crippen molar-refractivity contribution in [3.63, 3.8) is 0 Å². The molecule has 1 N–H and O–H groups in total. The number of carbonyl (C=O) groups excluding carboxylic acids is 2. The molecule has 2 aromatic carbocycles. The maximum Gasteiger partial charge on any atom is 0.227 e. The summed E-state index contributed by atoms with van der Waals surface area (Å²) in [6.07, 6.45) is 0.987. The molecule has 0 bridgehead atoms. The molecule has 1 aromatic heterocycles. The predicted molar refractivity (Wildman–Crippen MR) is 121 cm³/mol. The van der Waals surface area contributed by atoms with Gasteiger partial charge in [-0.2, -0.15) is 0 Å². The molecule has 0 radical (unpaired) electrons. The summed E-state index contributed by atoms with van der Waals surface area (Å²) in [6.45, 7) is 3.55. The Hall–Kier alpha value is -2.92. The van der Waals surface area contributed by atoms with Crippen molar-refractivity contribution in [2.45, 2.75) is 19.8 Å². The zero-order chi connectivity index (χ0) is 20.9. The van der Waals surface area contributed by atoms with Crippen LogP contribution in [0.2, 0.25) is 0 Å². The first-order chi connectivity index (χ1) is 14.6. The summed E-state index contributed by atoms with van der Waals surface area (Å²) in [5.41, 5.74) is 4.50. The third-order valence-electron chi connectivity index (χ3n) is 5.59. The molecule has 1 atom stereocenters. The van der Waals surface area contributed by atoms with Gasteiger partial charge in [0.05, 0.1) is 12.3 Å². The SMILES string of the molecule is Cc1ccc(CC(=O)N2CCNC(=O)C(Cc3ccccc3-c3cccs3)C2)cc1. The molecule has 30 heavy (non-hydrogen) atoms. The summed E-state index contributed by atoms with van der Waals surface area (Å²) in [4.78, 5) is 28.7. The van der Waals surface area contributed by atoms with Crippen LogP contribution in [0.3, 0.4) is 0 Å². The summed E-state index contributed by atoms with van der Waals surface area (Å²) in [5.74, 6) is -0.149. The van der Waals surface area contributed by atoms with Gasteiger partial charge in [0.25, 0.3) is 0 Å². The van der Waals surface area contributed by atoms with Gasteiger partial charge in [0.2, 0.25) is 11.8 Å². The summed E-state index contributed by atoms with van der Waals surface area (Å²) < 4.78 is 0. The lowest BCUT2D eigenvalue weighted by Crippen LogP contribution is -2.38. The number of hydrogen-bond donors (Lipinski definition) is 1. The molecule has 4 nitrogen and oxygen atoms in total. The van der Waals surface area contributed by atoms with Crippen LogP contribution in [-0.2, 0) is 22.4 Å². The zero-order valence-electron chi connectivity index (χ0n) is 17.1. The first kappa shape index (κ1) is 20.4. The Kier molecular flexibility index (Phi) is 6.29. The Morgan fingerprint density at radius 3 is 2.67 bits per heavy atom. The van der Waals surface area contributed by atoms with Crippen LogP contribution in [0.25, 0.3) is 10.4 Å². The second kappa shape index (κ2) is 9.26. The quantitative estimate of drug-likeness (QED) is 0.679. The van der Waals surface area contributed by atoms with E-state index in [4.69, 9.17) is 0 Å². The normalized spacial score (nSPS) is 16.8. The van der Waals surface area contributed by atoms with Gasteiger partial charge in [0.1, 0.15) is 0 Å². The summed E-state index contributed by atoms with van der Waals surface area (Å²) in [5, 5.41) is 5.06. The number of aryl methyl sites for hydroxylation is 1. The summed E-state index contributed by atoms with van der Waals surface area (Å²) in [6, 6.07) is 20.5. The van der Waals surface area contributed by atoms with Gasteiger partial charge in [-0.15, -0.1) is 11.3 Å². The molecule has 1 unspecified atom stereocenters. The first-order valence-electron chi connectivity index (χ1n) is 10.3. The molecule has 3 aromatic rings. The van der Waals surface area contributed by atoms with Crippen LogP contribution in [-0.4, -0.2) is 36.3 Å². The second-order valence-electron chi connectivity index (χ2n) is 7.83. The molecule has 5 heteroatoms. The smallest absolute Gasteiger partial charge is 0.227 e. The number of benzene rings is 2. The van der Waals surface area contributed by atoms with E-state index in [-0.39, 0.29) is 17.7 Å². The Morgan fingerprint density at radius 2 is 1.90 bits per heavy atom. The van der Waals surface area contributed by atoms with E-state index < -0.39 is 0 Å². The van der Waals surface area contributed by atoms with Crippen molar-refractivity contribution < 1.29 is 9.59 Å². The summed E-state index contributed by atoms with van der Waals surface area (Å²) >= 11 is 1.70. The van der Waals surface area contributed by atoms with E-state index in [1.165, 1.54) is 16.0 Å². The van der Waals surface area contributed by atoms with Crippen molar-refractivity contribution in [1.82, 2.24) is 10.2 Å². The van der Waals surface area contributed by atoms with Crippen LogP contribution in [0.5, 0.6) is 0 Å². The van der Waals surface area contributed by atoms with Gasteiger partial charge in [-0.1, -0.05) is 60.2 Å². The molecule has 1 saturated heterocycles. The van der Waals surface area contributed by atoms with Crippen molar-refractivity contribution in [1.29, 1.82) is 0 Å². The van der Waals surface area contributed by atoms with E-state index in [1.54, 1.807) is 11.3 Å². The number of hydrogen-bond acceptors (Lipinski definition) is 3. The molecule has 0 spiro atoms. The summed E-state index contributed by atoms with van der Waals surface area (Å²) in [7, 11) is 0. The van der Waals surface area contributed by atoms with Gasteiger partial charge in [-0.3, -0.25) is 9.59 Å². The molecule has 1 aliphatic rings. The van der Waals surface area contributed by atoms with E-state index in [0.29, 0.717) is 32.5 Å². The number of thiophene rings is 1. The van der Waals surface area contributed by atoms with Crippen LogP contribution in [0, 0.1) is 12.8 Å². The molecule has 154 valence electrons. The van der Waals surface area contributed by atoms with Crippen LogP contribution >= 0.6 is 11.3 Å². The largest absolute Gasteiger partial charge is 0.354 e. The maximum atomic E-state index is 13.0. The monoisotopic (exact) mass is 418 g/mol. The van der Waals surface area contributed by atoms with Crippen molar-refractivity contribution in [3.8, 4) is 10.4 Å². The molecule has 1 fully saturated rings. The lowest BCUT2D eigenvalue weighted by molar-refractivity contribution is -0.131. The van der Waals surface area contributed by atoms with E-state index in [9.17, 15) is 9.59 Å². The third-order valence-corrected chi connectivity index (χ3v) is 6.49. The van der Waals surface area contributed by atoms with Gasteiger partial charge in [-0.05, 0) is 41.5 Å². The molecular formula is C25H26N2O2S. The zero-order valence-corrected chi connectivity index (χ0v) is 18.0. The molecule has 1 aliphatic heterocycles. The van der Waals surface area contributed by atoms with Gasteiger partial charge in [0, 0.05) is 24.5 Å². The fourth-order valence-corrected chi connectivity index (χ4v) is 4.70. The molecular weight excluding hydrogens is 392 g/mol. The molecule has 2 heterocycles. The van der Waals surface area contributed by atoms with Gasteiger partial charge in [0.15, 0.2) is 0 Å². The molecule has 2 amide bonds. The average Bonchev–Trinajstić information content (AvgIpc) is 3.22. The number of carbonyl (C=O) groups is 2. The average molecular weight is 419 g/mol. The van der Waals surface area contributed by atoms with Crippen LogP contribution in [0.15, 0.2) is 66.0 Å². The third kappa shape index (κ3) is 4.79. The van der Waals surface area contributed by atoms with Crippen LogP contribution in [0.1, 0.15) is 16.7 Å². The fraction of sp³-hybridized carbons (Fsp3) is 0.280. The minimum Gasteiger partial charge on any atom is -0.354 e. The molecule has 0 saturated carbocycles. The number of amides is 2. The lowest BCUT2D eigenvalue weighted by atomic mass is 9.94. The van der Waals surface area contributed by atoms with E-state index >= 15 is 0 Å². The van der Waals surface area contributed by atoms with E-state index in [1.807, 2.05) is 54.3 Å². The highest BCUT2D eigenvalue weighted by molar-refractivity contribution is 7.13. The highest BCUT2D eigenvalue weighted by Crippen LogP contribution is 2.30. The fourth-order valence-electron chi connectivity index (χ4n) is 3.91. The first-order valence-corrected chi connectivity index (χ1v) is 11.2. The topological polar surface area (TPSA) is 49.4 Å². The van der Waals surface area contributed by atoms with Crippen molar-refractivity contribution >= 4 is 23.2 Å². The molecule has 0 aliphatic carbocycles. The van der Waals surface area contributed by atoms with Gasteiger partial charge < -0.3 is 10.2 Å². The predicted octanol–water partition coefficient (Wildman–Crippen LogP) is 4.08. The van der Waals surface area contributed by atoms with Gasteiger partial charge in [-0.25, -0.2) is 0 Å². The Labute approximate surface area is 181 Å². The van der Waals surface area contributed by atoms with E-state index in [2.05, 4.69) is 28.9 Å². The Morgan fingerprint density at radius 1 is 1.10 bits per heavy atom. The minimum atomic E-state index is -0.254. The molecule has 4 rings (SSSR count). The minimum absolute atomic E-state index is 0.0293. The van der Waals surface area contributed by atoms with E-state index in [0.717, 1.165) is 11.1 Å². The Bertz CT molecular complexity index is 1010. The number of nitrogens with zero attached hydrogens (tertiary/aromatic N) is 1. The van der Waals surface area contributed by atoms with Crippen molar-refractivity contribution in [2.75, 3.05) is 19.6 Å². The van der Waals surface area contributed by atoms with Crippen LogP contribution < -0.4 is 5.32 Å². The Balaban J connectivity index is 1.50. The highest BCUT2D eigenvalue weighted by atomic mass is 32.1. The van der Waals surface area contributed by atoms with Crippen molar-refractivity contribution in [2.24, 2.45) is 5.92 Å². The van der Waals surface area contributed by atoms with Gasteiger partial charge >= 0.3 is 0 Å². The number of rotatable bonds is 5. The van der Waals surface area contributed by atoms with Crippen LogP contribution in [0.4, 0.5) is 0 Å². The van der Waals surface area contributed by atoms with Crippen molar-refractivity contribution in [3.05, 3.63) is 82.7 Å². The second-order valence-corrected chi connectivity index (χ2v) is 8.78. The standard InChI is InChI=1S/C25H26N2O2S/c1-18-8-10-19(11-9-18)15-24(28)27-13-12-26-25(29)21(17-27)16-20-5-2-3-6-22(20)23-7-4-14-30-23/h2-11,14,21H,12-13,15-17H2,1H3,(H,26,29). The number of nitrogens with one attached hydrogen (secondary N) is 1.